The molecule has 3 N–H and O–H groups in total. The first-order chi connectivity index (χ1) is 17.4. The minimum atomic E-state index is -0.372. The monoisotopic (exact) mass is 617 g/mol. The van der Waals surface area contributed by atoms with E-state index in [0.717, 1.165) is 66.9 Å². The number of phenols is 1. The number of amides is 1. The Kier molecular flexibility index (Phi) is 18.1. The van der Waals surface area contributed by atoms with Gasteiger partial charge >= 0.3 is 5.97 Å². The molecule has 0 saturated carbocycles. The van der Waals surface area contributed by atoms with Crippen LogP contribution < -0.4 is 10.1 Å². The Labute approximate surface area is 230 Å². The summed E-state index contributed by atoms with van der Waals surface area (Å²) in [6, 6.07) is 3.24. The summed E-state index contributed by atoms with van der Waals surface area (Å²) in [6.45, 7) is 2.14. The average molecular weight is 618 g/mol. The molecule has 0 spiro atoms. The van der Waals surface area contributed by atoms with E-state index in [1.165, 1.54) is 26.4 Å². The summed E-state index contributed by atoms with van der Waals surface area (Å²) in [5.74, 6) is -0.348. The first-order valence-corrected chi connectivity index (χ1v) is 14.3. The largest absolute Gasteiger partial charge is 0.504 e. The number of benzene rings is 1. The molecule has 1 atom stereocenters. The Hall–Kier alpha value is -1.81. The number of rotatable bonds is 20. The van der Waals surface area contributed by atoms with Gasteiger partial charge in [-0.15, -0.1) is 0 Å². The highest BCUT2D eigenvalue weighted by Crippen LogP contribution is 2.30. The third-order valence-electron chi connectivity index (χ3n) is 5.91. The maximum atomic E-state index is 12.0. The van der Waals surface area contributed by atoms with Crippen molar-refractivity contribution in [1.82, 2.24) is 5.32 Å². The molecule has 36 heavy (non-hydrogen) atoms. The summed E-state index contributed by atoms with van der Waals surface area (Å²) < 4.78 is 11.0. The number of aliphatic hydroxyl groups excluding tert-OH is 1. The Bertz CT molecular complexity index is 798. The molecule has 0 heterocycles. The molecular formula is C28H44INO6. The predicted molar refractivity (Wildman–Crippen MR) is 151 cm³/mol. The number of aliphatic hydroxyl groups is 1. The molecular weight excluding hydrogens is 573 g/mol. The number of ether oxygens (including phenoxy) is 2. The summed E-state index contributed by atoms with van der Waals surface area (Å²) in [5.41, 5.74) is 0.802. The van der Waals surface area contributed by atoms with E-state index in [9.17, 15) is 19.8 Å². The Balaban J connectivity index is 2.03. The van der Waals surface area contributed by atoms with Crippen molar-refractivity contribution in [3.8, 4) is 11.5 Å². The van der Waals surface area contributed by atoms with Gasteiger partial charge in [-0.1, -0.05) is 64.0 Å². The molecule has 0 unspecified atom stereocenters. The van der Waals surface area contributed by atoms with Gasteiger partial charge in [-0.3, -0.25) is 9.59 Å². The van der Waals surface area contributed by atoms with Crippen molar-refractivity contribution in [2.45, 2.75) is 103 Å². The molecule has 7 nitrogen and oxygen atoms in total. The molecule has 1 amide bonds. The van der Waals surface area contributed by atoms with Crippen molar-refractivity contribution >= 4 is 34.5 Å². The van der Waals surface area contributed by atoms with Crippen LogP contribution in [0.4, 0.5) is 0 Å². The minimum Gasteiger partial charge on any atom is -0.504 e. The van der Waals surface area contributed by atoms with Crippen molar-refractivity contribution in [2.75, 3.05) is 13.7 Å². The summed E-state index contributed by atoms with van der Waals surface area (Å²) in [7, 11) is 1.46. The molecule has 0 aliphatic carbocycles. The van der Waals surface area contributed by atoms with E-state index in [-0.39, 0.29) is 36.9 Å². The highest BCUT2D eigenvalue weighted by atomic mass is 127. The fourth-order valence-corrected chi connectivity index (χ4v) is 4.35. The third-order valence-corrected chi connectivity index (χ3v) is 6.91. The van der Waals surface area contributed by atoms with Gasteiger partial charge in [0.2, 0.25) is 0 Å². The summed E-state index contributed by atoms with van der Waals surface area (Å²) in [6.07, 6.45) is 16.8. The van der Waals surface area contributed by atoms with Gasteiger partial charge in [0.1, 0.15) is 0 Å². The lowest BCUT2D eigenvalue weighted by atomic mass is 10.1. The number of esters is 1. The van der Waals surface area contributed by atoms with E-state index < -0.39 is 0 Å². The van der Waals surface area contributed by atoms with Gasteiger partial charge in [-0.2, -0.15) is 0 Å². The predicted octanol–water partition coefficient (Wildman–Crippen LogP) is 6.17. The third kappa shape index (κ3) is 15.3. The summed E-state index contributed by atoms with van der Waals surface area (Å²) in [4.78, 5) is 23.9. The fourth-order valence-electron chi connectivity index (χ4n) is 3.70. The van der Waals surface area contributed by atoms with Crippen LogP contribution in [-0.2, 0) is 20.9 Å². The molecule has 0 aliphatic rings. The standard InChI is InChI=1S/C28H44INO6/c1-3-4-5-12-15-23(31)16-13-10-8-6-7-9-11-14-17-28(34)36-21-27(33)30-20-22-18-26(35-2)25(32)19-24(22)29/h10,13,18-19,23,31-32H,3-9,11-12,14-17,20-21H2,1-2H3,(H,30,33)/b13-10-/t23-/m1/s1. The lowest BCUT2D eigenvalue weighted by Gasteiger charge is -2.11. The van der Waals surface area contributed by atoms with Crippen LogP contribution in [0.3, 0.4) is 0 Å². The van der Waals surface area contributed by atoms with Crippen LogP contribution in [0.25, 0.3) is 0 Å². The second kappa shape index (κ2) is 20.3. The van der Waals surface area contributed by atoms with Crippen LogP contribution >= 0.6 is 22.6 Å². The smallest absolute Gasteiger partial charge is 0.306 e. The summed E-state index contributed by atoms with van der Waals surface area (Å²) in [5, 5.41) is 22.4. The number of hydrogen-bond acceptors (Lipinski definition) is 6. The van der Waals surface area contributed by atoms with Crippen LogP contribution in [0.5, 0.6) is 11.5 Å². The number of methoxy groups -OCH3 is 1. The molecule has 0 fully saturated rings. The zero-order valence-corrected chi connectivity index (χ0v) is 24.1. The van der Waals surface area contributed by atoms with Crippen molar-refractivity contribution in [3.05, 3.63) is 33.4 Å². The van der Waals surface area contributed by atoms with E-state index in [1.807, 2.05) is 0 Å². The van der Waals surface area contributed by atoms with Gasteiger partial charge < -0.3 is 25.0 Å². The van der Waals surface area contributed by atoms with Crippen molar-refractivity contribution in [3.63, 3.8) is 0 Å². The molecule has 0 bridgehead atoms. The molecule has 0 radical (unpaired) electrons. The van der Waals surface area contributed by atoms with Gasteiger partial charge in [0.25, 0.3) is 5.91 Å². The number of allylic oxidation sites excluding steroid dienone is 1. The maximum absolute atomic E-state index is 12.0. The quantitative estimate of drug-likeness (QED) is 0.0700. The maximum Gasteiger partial charge on any atom is 0.306 e. The van der Waals surface area contributed by atoms with E-state index in [0.29, 0.717) is 12.2 Å². The fraction of sp³-hybridized carbons (Fsp3) is 0.643. The van der Waals surface area contributed by atoms with Crippen LogP contribution in [0.15, 0.2) is 24.3 Å². The Morgan fingerprint density at radius 3 is 2.53 bits per heavy atom. The molecule has 0 aliphatic heterocycles. The summed E-state index contributed by atoms with van der Waals surface area (Å²) >= 11 is 2.07. The highest BCUT2D eigenvalue weighted by molar-refractivity contribution is 14.1. The second-order valence-electron chi connectivity index (χ2n) is 9.07. The lowest BCUT2D eigenvalue weighted by Crippen LogP contribution is -2.28. The first-order valence-electron chi connectivity index (χ1n) is 13.2. The molecule has 204 valence electrons. The minimum absolute atomic E-state index is 0.0438. The van der Waals surface area contributed by atoms with Gasteiger partial charge in [0, 0.05) is 16.5 Å². The SMILES string of the molecule is CCCCCC[C@@H](O)C/C=C\CCCCCCCC(=O)OCC(=O)NCc1cc(OC)c(O)cc1I. The number of carbonyl (C=O) groups is 2. The molecule has 1 aromatic rings. The normalized spacial score (nSPS) is 12.0. The second-order valence-corrected chi connectivity index (χ2v) is 10.2. The highest BCUT2D eigenvalue weighted by Gasteiger charge is 2.11. The van der Waals surface area contributed by atoms with E-state index >= 15 is 0 Å². The molecule has 1 aromatic carbocycles. The van der Waals surface area contributed by atoms with Gasteiger partial charge in [-0.05, 0) is 72.4 Å². The molecule has 1 rings (SSSR count). The zero-order valence-electron chi connectivity index (χ0n) is 21.9. The van der Waals surface area contributed by atoms with Crippen LogP contribution in [0.1, 0.15) is 96.0 Å². The first kappa shape index (κ1) is 32.2. The number of aromatic hydroxyl groups is 1. The zero-order chi connectivity index (χ0) is 26.6. The van der Waals surface area contributed by atoms with Crippen molar-refractivity contribution < 1.29 is 29.3 Å². The molecule has 0 saturated heterocycles. The molecule has 8 heteroatoms. The van der Waals surface area contributed by atoms with Crippen molar-refractivity contribution in [2.24, 2.45) is 0 Å². The lowest BCUT2D eigenvalue weighted by molar-refractivity contribution is -0.148. The number of nitrogens with one attached hydrogen (secondary N) is 1. The topological polar surface area (TPSA) is 105 Å². The number of carbonyl (C=O) groups excluding carboxylic acids is 2. The van der Waals surface area contributed by atoms with Crippen LogP contribution in [0, 0.1) is 3.57 Å². The van der Waals surface area contributed by atoms with Gasteiger partial charge in [-0.25, -0.2) is 0 Å². The van der Waals surface area contributed by atoms with Gasteiger partial charge in [0.05, 0.1) is 13.2 Å². The average Bonchev–Trinajstić information content (AvgIpc) is 2.86. The Morgan fingerprint density at radius 2 is 1.78 bits per heavy atom. The Morgan fingerprint density at radius 1 is 1.06 bits per heavy atom. The number of unbranched alkanes of at least 4 members (excludes halogenated alkanes) is 8. The van der Waals surface area contributed by atoms with Crippen molar-refractivity contribution in [1.29, 1.82) is 0 Å². The van der Waals surface area contributed by atoms with Gasteiger partial charge in [0.15, 0.2) is 18.1 Å². The van der Waals surface area contributed by atoms with Crippen LogP contribution in [-0.4, -0.2) is 41.9 Å². The van der Waals surface area contributed by atoms with Crippen LogP contribution in [0.2, 0.25) is 0 Å². The van der Waals surface area contributed by atoms with E-state index in [2.05, 4.69) is 47.0 Å². The molecule has 0 aromatic heterocycles. The number of halogens is 1. The number of hydrogen-bond donors (Lipinski definition) is 3. The van der Waals surface area contributed by atoms with E-state index in [4.69, 9.17) is 9.47 Å². The van der Waals surface area contributed by atoms with E-state index in [1.54, 1.807) is 12.1 Å². The number of phenolic OH excluding ortho intramolecular Hbond substituents is 1.